The van der Waals surface area contributed by atoms with E-state index in [4.69, 9.17) is 26.3 Å². The molecule has 0 aromatic heterocycles. The summed E-state index contributed by atoms with van der Waals surface area (Å²) in [6.45, 7) is 11.4. The number of rotatable bonds is 18. The molecular weight excluding hydrogens is 719 g/mol. The minimum absolute atomic E-state index is 0.621. The Morgan fingerprint density at radius 3 is 1.58 bits per heavy atom. The van der Waals surface area contributed by atoms with Gasteiger partial charge in [0.05, 0.1) is 30.3 Å². The highest BCUT2D eigenvalue weighted by molar-refractivity contribution is 5.15. The molecule has 0 aliphatic heterocycles. The van der Waals surface area contributed by atoms with Crippen molar-refractivity contribution in [3.63, 3.8) is 0 Å². The molecule has 0 N–H and O–H groups in total. The van der Waals surface area contributed by atoms with E-state index < -0.39 is 0 Å². The number of hydrogen-bond donors (Lipinski definition) is 0. The monoisotopic (exact) mass is 808 g/mol. The van der Waals surface area contributed by atoms with E-state index in [0.29, 0.717) is 12.3 Å². The van der Waals surface area contributed by atoms with Crippen molar-refractivity contribution >= 4 is 0 Å². The van der Waals surface area contributed by atoms with Gasteiger partial charge >= 0.3 is 0 Å². The highest BCUT2D eigenvalue weighted by Gasteiger charge is 2.22. The van der Waals surface area contributed by atoms with Gasteiger partial charge in [0.1, 0.15) is 0 Å². The first-order valence-corrected chi connectivity index (χ1v) is 24.9. The summed E-state index contributed by atoms with van der Waals surface area (Å²) in [7, 11) is 0. The van der Waals surface area contributed by atoms with Crippen molar-refractivity contribution < 1.29 is 0 Å². The second-order valence-corrected chi connectivity index (χ2v) is 19.2. The summed E-state index contributed by atoms with van der Waals surface area (Å²) in [6.07, 6.45) is 43.1. The lowest BCUT2D eigenvalue weighted by atomic mass is 9.88. The van der Waals surface area contributed by atoms with E-state index in [9.17, 15) is 0 Å². The minimum atomic E-state index is 0.621. The molecule has 0 heterocycles. The first-order valence-electron chi connectivity index (χ1n) is 24.9. The third kappa shape index (κ3) is 27.4. The molecule has 0 spiro atoms. The Balaban J connectivity index is 0.000000369. The summed E-state index contributed by atoms with van der Waals surface area (Å²) in [5, 5.41) is 42.0. The molecule has 4 unspecified atom stereocenters. The lowest BCUT2D eigenvalue weighted by Gasteiger charge is -2.17. The van der Waals surface area contributed by atoms with Crippen molar-refractivity contribution in [1.29, 1.82) is 26.3 Å². The zero-order valence-electron chi connectivity index (χ0n) is 39.2. The van der Waals surface area contributed by atoms with E-state index in [1.165, 1.54) is 148 Å². The van der Waals surface area contributed by atoms with E-state index >= 15 is 0 Å². The molecule has 59 heavy (non-hydrogen) atoms. The average molecular weight is 808 g/mol. The van der Waals surface area contributed by atoms with Crippen molar-refractivity contribution in [2.45, 2.75) is 247 Å². The van der Waals surface area contributed by atoms with E-state index in [2.05, 4.69) is 71.0 Å². The molecule has 0 bridgehead atoms. The molecule has 5 heteroatoms. The average Bonchev–Trinajstić information content (AvgIpc) is 4.10. The van der Waals surface area contributed by atoms with Gasteiger partial charge in [0, 0.05) is 32.1 Å². The molecule has 0 saturated heterocycles. The number of hydrogen-bond acceptors (Lipinski definition) is 5. The van der Waals surface area contributed by atoms with Crippen LogP contribution in [0.4, 0.5) is 0 Å². The molecule has 0 aromatic rings. The Hall–Kier alpha value is -3.07. The SMILES string of the molecule is CC(CC#N)CCC1CCCC1.CC(CCC#N)C1CCCC1.CC(CCCC#N)=C1CCCC1.CC(CCCC#N)C1=CCCC1.CC(CCCC#N)C1CCCC1. The zero-order valence-corrected chi connectivity index (χ0v) is 39.2. The number of nitrogens with zero attached hydrogens (tertiary/aromatic N) is 5. The van der Waals surface area contributed by atoms with Crippen LogP contribution in [0.5, 0.6) is 0 Å². The van der Waals surface area contributed by atoms with Crippen LogP contribution in [-0.4, -0.2) is 0 Å². The van der Waals surface area contributed by atoms with Gasteiger partial charge in [0.25, 0.3) is 0 Å². The molecule has 5 nitrogen and oxygen atoms in total. The fourth-order valence-electron chi connectivity index (χ4n) is 10.1. The van der Waals surface area contributed by atoms with Gasteiger partial charge in [-0.25, -0.2) is 0 Å². The van der Waals surface area contributed by atoms with E-state index in [1.54, 1.807) is 16.7 Å². The fourth-order valence-corrected chi connectivity index (χ4v) is 10.1. The standard InChI is InChI=1S/C11H19N.2C11H17N.C11H19N.C10H17N/c3*1-10(6-4-5-9-12)11-7-2-3-8-11;1-10(8-9-12)6-7-11-4-2-3-5-11;1-9(5-4-8-11)10-6-2-3-7-10/h10-11H,2-8H2,1H3;2-8H2,1H3;7,10H,2-6,8H2,1H3;10-11H,2-8H2,1H3;9-10H,2-7H2,1H3. The van der Waals surface area contributed by atoms with Crippen LogP contribution in [0.15, 0.2) is 22.8 Å². The van der Waals surface area contributed by atoms with Crippen LogP contribution in [0.1, 0.15) is 247 Å². The quantitative estimate of drug-likeness (QED) is 0.101. The predicted octanol–water partition coefficient (Wildman–Crippen LogP) is 17.1. The van der Waals surface area contributed by atoms with Crippen LogP contribution in [0.3, 0.4) is 0 Å². The summed E-state index contributed by atoms with van der Waals surface area (Å²) in [4.78, 5) is 0. The molecule has 0 aromatic carbocycles. The van der Waals surface area contributed by atoms with Crippen molar-refractivity contribution in [3.05, 3.63) is 22.8 Å². The third-order valence-corrected chi connectivity index (χ3v) is 14.3. The van der Waals surface area contributed by atoms with Crippen LogP contribution in [-0.2, 0) is 0 Å². The Labute approximate surface area is 366 Å². The van der Waals surface area contributed by atoms with Gasteiger partial charge in [-0.05, 0) is 145 Å². The number of nitriles is 5. The van der Waals surface area contributed by atoms with Gasteiger partial charge in [-0.2, -0.15) is 26.3 Å². The van der Waals surface area contributed by atoms with Gasteiger partial charge in [-0.1, -0.05) is 134 Å². The van der Waals surface area contributed by atoms with Gasteiger partial charge < -0.3 is 0 Å². The molecule has 0 radical (unpaired) electrons. The summed E-state index contributed by atoms with van der Waals surface area (Å²) in [5.74, 6) is 5.90. The Kier molecular flexibility index (Phi) is 33.6. The van der Waals surface area contributed by atoms with Gasteiger partial charge in [0.2, 0.25) is 0 Å². The van der Waals surface area contributed by atoms with Crippen LogP contribution < -0.4 is 0 Å². The minimum Gasteiger partial charge on any atom is -0.198 e. The number of unbranched alkanes of at least 4 members (excludes halogenated alkanes) is 3. The molecule has 4 fully saturated rings. The highest BCUT2D eigenvalue weighted by atomic mass is 14.3. The van der Waals surface area contributed by atoms with Crippen molar-refractivity contribution in [1.82, 2.24) is 0 Å². The topological polar surface area (TPSA) is 119 Å². The lowest BCUT2D eigenvalue weighted by molar-refractivity contribution is 0.340. The van der Waals surface area contributed by atoms with Crippen molar-refractivity contribution in [2.24, 2.45) is 41.4 Å². The van der Waals surface area contributed by atoms with Gasteiger partial charge in [-0.15, -0.1) is 0 Å². The van der Waals surface area contributed by atoms with Crippen molar-refractivity contribution in [2.75, 3.05) is 0 Å². The summed E-state index contributed by atoms with van der Waals surface area (Å²) >= 11 is 0. The van der Waals surface area contributed by atoms with Crippen LogP contribution in [0.2, 0.25) is 0 Å². The summed E-state index contributed by atoms with van der Waals surface area (Å²) in [5.41, 5.74) is 4.86. The molecule has 5 aliphatic carbocycles. The fraction of sp³-hybridized carbons (Fsp3) is 0.833. The molecule has 330 valence electrons. The summed E-state index contributed by atoms with van der Waals surface area (Å²) in [6, 6.07) is 11.1. The lowest BCUT2D eigenvalue weighted by Crippen LogP contribution is -2.07. The zero-order chi connectivity index (χ0) is 43.4. The second-order valence-electron chi connectivity index (χ2n) is 19.2. The highest BCUT2D eigenvalue weighted by Crippen LogP contribution is 2.35. The first kappa shape index (κ1) is 53.9. The van der Waals surface area contributed by atoms with E-state index in [-0.39, 0.29) is 0 Å². The van der Waals surface area contributed by atoms with Crippen LogP contribution >= 0.6 is 0 Å². The van der Waals surface area contributed by atoms with Crippen molar-refractivity contribution in [3.8, 4) is 30.3 Å². The Morgan fingerprint density at radius 1 is 0.559 bits per heavy atom. The Bertz CT molecular complexity index is 1310. The largest absolute Gasteiger partial charge is 0.198 e. The maximum atomic E-state index is 8.48. The van der Waals surface area contributed by atoms with E-state index in [1.807, 2.05) is 0 Å². The smallest absolute Gasteiger partial charge is 0.0624 e. The summed E-state index contributed by atoms with van der Waals surface area (Å²) < 4.78 is 0. The molecule has 4 atom stereocenters. The number of allylic oxidation sites excluding steroid dienone is 4. The van der Waals surface area contributed by atoms with Gasteiger partial charge in [0.15, 0.2) is 0 Å². The first-order chi connectivity index (χ1) is 28.7. The van der Waals surface area contributed by atoms with Crippen LogP contribution in [0, 0.1) is 98.1 Å². The molecular formula is C54H89N5. The molecule has 5 rings (SSSR count). The predicted molar refractivity (Wildman–Crippen MR) is 248 cm³/mol. The molecule has 0 amide bonds. The Morgan fingerprint density at radius 2 is 1.07 bits per heavy atom. The normalized spacial score (nSPS) is 19.5. The van der Waals surface area contributed by atoms with Gasteiger partial charge in [-0.3, -0.25) is 0 Å². The maximum Gasteiger partial charge on any atom is 0.0624 e. The third-order valence-electron chi connectivity index (χ3n) is 14.3. The molecule has 5 aliphatic rings. The maximum absolute atomic E-state index is 8.48. The second kappa shape index (κ2) is 36.8. The molecule has 4 saturated carbocycles. The van der Waals surface area contributed by atoms with E-state index in [0.717, 1.165) is 93.3 Å². The van der Waals surface area contributed by atoms with Crippen LogP contribution in [0.25, 0.3) is 0 Å².